The van der Waals surface area contributed by atoms with E-state index in [0.717, 1.165) is 21.9 Å². The van der Waals surface area contributed by atoms with Crippen molar-refractivity contribution in [3.63, 3.8) is 0 Å². The molecule has 16 heavy (non-hydrogen) atoms. The molecule has 0 aliphatic heterocycles. The normalized spacial score (nSPS) is 10.1. The van der Waals surface area contributed by atoms with Crippen molar-refractivity contribution in [3.8, 4) is 11.5 Å². The number of hydrogen-bond donors (Lipinski definition) is 1. The van der Waals surface area contributed by atoms with Crippen molar-refractivity contribution < 1.29 is 9.47 Å². The van der Waals surface area contributed by atoms with Crippen molar-refractivity contribution in [2.24, 2.45) is 0 Å². The van der Waals surface area contributed by atoms with E-state index in [1.165, 1.54) is 0 Å². The first-order valence-electron chi connectivity index (χ1n) is 4.74. The minimum Gasteiger partial charge on any atom is -0.497 e. The Kier molecular flexibility index (Phi) is 3.46. The summed E-state index contributed by atoms with van der Waals surface area (Å²) < 4.78 is 11.5. The molecule has 0 aliphatic rings. The Morgan fingerprint density at radius 3 is 2.88 bits per heavy atom. The van der Waals surface area contributed by atoms with Crippen molar-refractivity contribution in [2.75, 3.05) is 7.11 Å². The molecule has 0 aliphatic carbocycles. The number of nitrogens with zero attached hydrogens (tertiary/aromatic N) is 1. The molecule has 1 N–H and O–H groups in total. The summed E-state index contributed by atoms with van der Waals surface area (Å²) in [5.74, 6) is 2.31. The summed E-state index contributed by atoms with van der Waals surface area (Å²) in [6, 6.07) is 7.46. The molecule has 0 amide bonds. The molecule has 1 aromatic heterocycles. The first kappa shape index (κ1) is 11.0. The molecular formula is C11H11BrN2O2. The first-order valence-corrected chi connectivity index (χ1v) is 5.53. The summed E-state index contributed by atoms with van der Waals surface area (Å²) in [7, 11) is 1.63. The number of nitrogens with one attached hydrogen (secondary N) is 1. The zero-order valence-corrected chi connectivity index (χ0v) is 10.3. The van der Waals surface area contributed by atoms with Crippen LogP contribution in [0.15, 0.2) is 35.1 Å². The van der Waals surface area contributed by atoms with E-state index in [4.69, 9.17) is 9.47 Å². The van der Waals surface area contributed by atoms with Gasteiger partial charge in [0, 0.05) is 6.07 Å². The molecule has 4 nitrogen and oxygen atoms in total. The average Bonchev–Trinajstić information content (AvgIpc) is 2.73. The Hall–Kier alpha value is -1.49. The second kappa shape index (κ2) is 5.03. The zero-order chi connectivity index (χ0) is 11.4. The maximum Gasteiger partial charge on any atom is 0.146 e. The largest absolute Gasteiger partial charge is 0.497 e. The Labute approximate surface area is 102 Å². The SMILES string of the molecule is COc1cccc(OCc2ncc(Br)[nH]2)c1. The van der Waals surface area contributed by atoms with E-state index in [0.29, 0.717) is 6.61 Å². The molecule has 0 atom stereocenters. The molecule has 2 rings (SSSR count). The van der Waals surface area contributed by atoms with Crippen LogP contribution in [0.1, 0.15) is 5.82 Å². The Balaban J connectivity index is 1.99. The maximum atomic E-state index is 5.55. The number of rotatable bonds is 4. The van der Waals surface area contributed by atoms with Gasteiger partial charge < -0.3 is 14.5 Å². The fourth-order valence-electron chi connectivity index (χ4n) is 1.25. The molecule has 5 heteroatoms. The third kappa shape index (κ3) is 2.76. The fraction of sp³-hybridized carbons (Fsp3) is 0.182. The van der Waals surface area contributed by atoms with Crippen LogP contribution in [0.5, 0.6) is 11.5 Å². The smallest absolute Gasteiger partial charge is 0.146 e. The summed E-state index contributed by atoms with van der Waals surface area (Å²) in [4.78, 5) is 7.14. The highest BCUT2D eigenvalue weighted by Gasteiger charge is 2.00. The summed E-state index contributed by atoms with van der Waals surface area (Å²) in [6.45, 7) is 0.402. The van der Waals surface area contributed by atoms with E-state index in [2.05, 4.69) is 25.9 Å². The summed E-state index contributed by atoms with van der Waals surface area (Å²) in [6.07, 6.45) is 1.70. The number of benzene rings is 1. The lowest BCUT2D eigenvalue weighted by Gasteiger charge is -2.05. The van der Waals surface area contributed by atoms with Crippen LogP contribution in [0, 0.1) is 0 Å². The molecule has 0 bridgehead atoms. The molecule has 1 heterocycles. The van der Waals surface area contributed by atoms with E-state index in [-0.39, 0.29) is 0 Å². The predicted molar refractivity (Wildman–Crippen MR) is 63.6 cm³/mol. The third-order valence-corrected chi connectivity index (χ3v) is 2.42. The lowest BCUT2D eigenvalue weighted by atomic mass is 10.3. The van der Waals surface area contributed by atoms with Crippen LogP contribution in [-0.2, 0) is 6.61 Å². The lowest BCUT2D eigenvalue weighted by molar-refractivity contribution is 0.295. The summed E-state index contributed by atoms with van der Waals surface area (Å²) in [5, 5.41) is 0. The van der Waals surface area contributed by atoms with Crippen molar-refractivity contribution in [2.45, 2.75) is 6.61 Å². The number of aromatic amines is 1. The van der Waals surface area contributed by atoms with Gasteiger partial charge in [0.25, 0.3) is 0 Å². The number of imidazole rings is 1. The average molecular weight is 283 g/mol. The van der Waals surface area contributed by atoms with E-state index in [1.807, 2.05) is 24.3 Å². The van der Waals surface area contributed by atoms with Gasteiger partial charge in [0.2, 0.25) is 0 Å². The maximum absolute atomic E-state index is 5.55. The van der Waals surface area contributed by atoms with Gasteiger partial charge in [-0.25, -0.2) is 4.98 Å². The van der Waals surface area contributed by atoms with Gasteiger partial charge in [-0.05, 0) is 28.1 Å². The van der Waals surface area contributed by atoms with Gasteiger partial charge in [0.1, 0.15) is 28.5 Å². The predicted octanol–water partition coefficient (Wildman–Crippen LogP) is 2.76. The van der Waals surface area contributed by atoms with Crippen LogP contribution in [0.4, 0.5) is 0 Å². The van der Waals surface area contributed by atoms with Gasteiger partial charge in [-0.2, -0.15) is 0 Å². The van der Waals surface area contributed by atoms with Gasteiger partial charge in [0.15, 0.2) is 0 Å². The number of aromatic nitrogens is 2. The quantitative estimate of drug-likeness (QED) is 0.938. The number of halogens is 1. The van der Waals surface area contributed by atoms with E-state index < -0.39 is 0 Å². The highest BCUT2D eigenvalue weighted by Crippen LogP contribution is 2.19. The molecule has 2 aromatic rings. The van der Waals surface area contributed by atoms with E-state index in [9.17, 15) is 0 Å². The van der Waals surface area contributed by atoms with Crippen LogP contribution in [0.2, 0.25) is 0 Å². The number of hydrogen-bond acceptors (Lipinski definition) is 3. The Morgan fingerprint density at radius 1 is 1.38 bits per heavy atom. The topological polar surface area (TPSA) is 47.1 Å². The highest BCUT2D eigenvalue weighted by molar-refractivity contribution is 9.10. The second-order valence-corrected chi connectivity index (χ2v) is 4.00. The summed E-state index contributed by atoms with van der Waals surface area (Å²) in [5.41, 5.74) is 0. The molecule has 0 fully saturated rings. The molecule has 0 saturated heterocycles. The Bertz CT molecular complexity index is 471. The van der Waals surface area contributed by atoms with Crippen molar-refractivity contribution in [1.29, 1.82) is 0 Å². The van der Waals surface area contributed by atoms with Crippen molar-refractivity contribution in [3.05, 3.63) is 40.9 Å². The lowest BCUT2D eigenvalue weighted by Crippen LogP contribution is -1.97. The molecule has 1 aromatic carbocycles. The first-order chi connectivity index (χ1) is 7.78. The van der Waals surface area contributed by atoms with Crippen molar-refractivity contribution in [1.82, 2.24) is 9.97 Å². The van der Waals surface area contributed by atoms with Crippen LogP contribution in [-0.4, -0.2) is 17.1 Å². The molecule has 0 radical (unpaired) electrons. The monoisotopic (exact) mass is 282 g/mol. The van der Waals surface area contributed by atoms with E-state index >= 15 is 0 Å². The molecule has 84 valence electrons. The standard InChI is InChI=1S/C11H11BrN2O2/c1-15-8-3-2-4-9(5-8)16-7-11-13-6-10(12)14-11/h2-6H,7H2,1H3,(H,13,14). The third-order valence-electron chi connectivity index (χ3n) is 2.01. The van der Waals surface area contributed by atoms with Crippen LogP contribution >= 0.6 is 15.9 Å². The summed E-state index contributed by atoms with van der Waals surface area (Å²) >= 11 is 3.29. The zero-order valence-electron chi connectivity index (χ0n) is 8.74. The van der Waals surface area contributed by atoms with E-state index in [1.54, 1.807) is 13.3 Å². The minimum atomic E-state index is 0.402. The van der Waals surface area contributed by atoms with Crippen LogP contribution < -0.4 is 9.47 Å². The van der Waals surface area contributed by atoms with Gasteiger partial charge >= 0.3 is 0 Å². The molecular weight excluding hydrogens is 272 g/mol. The van der Waals surface area contributed by atoms with Crippen molar-refractivity contribution >= 4 is 15.9 Å². The molecule has 0 saturated carbocycles. The van der Waals surface area contributed by atoms with Crippen LogP contribution in [0.3, 0.4) is 0 Å². The number of methoxy groups -OCH3 is 1. The fourth-order valence-corrected chi connectivity index (χ4v) is 1.58. The number of H-pyrrole nitrogens is 1. The minimum absolute atomic E-state index is 0.402. The highest BCUT2D eigenvalue weighted by atomic mass is 79.9. The van der Waals surface area contributed by atoms with Crippen LogP contribution in [0.25, 0.3) is 0 Å². The second-order valence-electron chi connectivity index (χ2n) is 3.15. The van der Waals surface area contributed by atoms with Gasteiger partial charge in [-0.3, -0.25) is 0 Å². The number of ether oxygens (including phenoxy) is 2. The molecule has 0 unspecified atom stereocenters. The molecule has 0 spiro atoms. The van der Waals surface area contributed by atoms with Gasteiger partial charge in [-0.1, -0.05) is 6.07 Å². The van der Waals surface area contributed by atoms with Gasteiger partial charge in [-0.15, -0.1) is 0 Å². The van der Waals surface area contributed by atoms with Gasteiger partial charge in [0.05, 0.1) is 13.3 Å². The Morgan fingerprint density at radius 2 is 2.19 bits per heavy atom.